The summed E-state index contributed by atoms with van der Waals surface area (Å²) in [5.41, 5.74) is 3.63. The molecule has 30 heavy (non-hydrogen) atoms. The summed E-state index contributed by atoms with van der Waals surface area (Å²) >= 11 is 0. The summed E-state index contributed by atoms with van der Waals surface area (Å²) in [5.74, 6) is 0.714. The van der Waals surface area contributed by atoms with Crippen molar-refractivity contribution in [2.75, 3.05) is 36.5 Å². The van der Waals surface area contributed by atoms with Crippen molar-refractivity contribution in [1.29, 1.82) is 0 Å². The summed E-state index contributed by atoms with van der Waals surface area (Å²) in [5, 5.41) is 4.03. The summed E-state index contributed by atoms with van der Waals surface area (Å²) in [7, 11) is 0. The van der Waals surface area contributed by atoms with Crippen molar-refractivity contribution in [2.24, 2.45) is 0 Å². The second-order valence-corrected chi connectivity index (χ2v) is 7.21. The van der Waals surface area contributed by atoms with Crippen LogP contribution in [0.5, 0.6) is 0 Å². The van der Waals surface area contributed by atoms with Crippen LogP contribution in [0.2, 0.25) is 0 Å². The van der Waals surface area contributed by atoms with Crippen LogP contribution in [0.4, 0.5) is 17.2 Å². The number of benzene rings is 2. The van der Waals surface area contributed by atoms with E-state index in [0.717, 1.165) is 35.7 Å². The van der Waals surface area contributed by atoms with Crippen LogP contribution >= 0.6 is 0 Å². The van der Waals surface area contributed by atoms with Gasteiger partial charge < -0.3 is 15.0 Å². The lowest BCUT2D eigenvalue weighted by molar-refractivity contribution is 0.123. The molecule has 1 N–H and O–H groups in total. The monoisotopic (exact) mass is 398 g/mol. The van der Waals surface area contributed by atoms with Crippen LogP contribution in [-0.4, -0.2) is 35.9 Å². The van der Waals surface area contributed by atoms with Gasteiger partial charge in [0.25, 0.3) is 0 Å². The molecule has 1 aliphatic heterocycles. The third-order valence-corrected chi connectivity index (χ3v) is 5.31. The van der Waals surface area contributed by atoms with Crippen LogP contribution in [0.1, 0.15) is 0 Å². The SMILES string of the molecule is O=c1cc(Nc2ccccc2)n(-c2ccccc2)c2c(N3CCOCC3)cncc12. The van der Waals surface area contributed by atoms with Gasteiger partial charge in [0.05, 0.1) is 36.0 Å². The molecule has 1 saturated heterocycles. The molecule has 0 spiro atoms. The van der Waals surface area contributed by atoms with Crippen molar-refractivity contribution in [3.05, 3.63) is 89.3 Å². The Labute approximate surface area is 174 Å². The molecule has 0 saturated carbocycles. The number of para-hydroxylation sites is 2. The first-order chi connectivity index (χ1) is 14.8. The van der Waals surface area contributed by atoms with Crippen molar-refractivity contribution in [1.82, 2.24) is 9.55 Å². The lowest BCUT2D eigenvalue weighted by Crippen LogP contribution is -2.36. The number of morpholine rings is 1. The Morgan fingerprint density at radius 3 is 2.33 bits per heavy atom. The molecule has 6 nitrogen and oxygen atoms in total. The summed E-state index contributed by atoms with van der Waals surface area (Å²) in [6.07, 6.45) is 3.51. The maximum absolute atomic E-state index is 13.1. The molecule has 4 aromatic rings. The van der Waals surface area contributed by atoms with E-state index in [9.17, 15) is 4.79 Å². The molecule has 3 heterocycles. The van der Waals surface area contributed by atoms with Gasteiger partial charge >= 0.3 is 0 Å². The van der Waals surface area contributed by atoms with Crippen LogP contribution in [0.25, 0.3) is 16.6 Å². The Balaban J connectivity index is 1.80. The van der Waals surface area contributed by atoms with E-state index in [2.05, 4.69) is 19.8 Å². The third-order valence-electron chi connectivity index (χ3n) is 5.31. The molecule has 2 aromatic heterocycles. The normalized spacial score (nSPS) is 14.1. The molecule has 0 radical (unpaired) electrons. The number of nitrogens with zero attached hydrogens (tertiary/aromatic N) is 3. The molecule has 150 valence electrons. The molecular weight excluding hydrogens is 376 g/mol. The second kappa shape index (κ2) is 8.00. The molecule has 2 aromatic carbocycles. The summed E-state index contributed by atoms with van der Waals surface area (Å²) in [6.45, 7) is 2.85. The van der Waals surface area contributed by atoms with E-state index in [0.29, 0.717) is 24.4 Å². The van der Waals surface area contributed by atoms with E-state index in [1.807, 2.05) is 66.9 Å². The fraction of sp³-hybridized carbons (Fsp3) is 0.167. The first-order valence-electron chi connectivity index (χ1n) is 10.1. The molecular formula is C24H22N4O2. The number of rotatable bonds is 4. The van der Waals surface area contributed by atoms with Gasteiger partial charge in [-0.2, -0.15) is 0 Å². The molecule has 1 aliphatic rings. The van der Waals surface area contributed by atoms with Crippen LogP contribution < -0.4 is 15.6 Å². The van der Waals surface area contributed by atoms with Crippen LogP contribution in [0.3, 0.4) is 0 Å². The minimum atomic E-state index is -0.0572. The Kier molecular flexibility index (Phi) is 4.91. The molecule has 0 amide bonds. The zero-order chi connectivity index (χ0) is 20.3. The zero-order valence-corrected chi connectivity index (χ0v) is 16.5. The molecule has 6 heteroatoms. The molecule has 0 aliphatic carbocycles. The fourth-order valence-electron chi connectivity index (χ4n) is 3.89. The number of aromatic nitrogens is 2. The van der Waals surface area contributed by atoms with E-state index >= 15 is 0 Å². The number of pyridine rings is 2. The topological polar surface area (TPSA) is 59.4 Å². The van der Waals surface area contributed by atoms with Crippen molar-refractivity contribution in [3.8, 4) is 5.69 Å². The molecule has 5 rings (SSSR count). The second-order valence-electron chi connectivity index (χ2n) is 7.21. The van der Waals surface area contributed by atoms with E-state index < -0.39 is 0 Å². The van der Waals surface area contributed by atoms with E-state index in [4.69, 9.17) is 4.74 Å². The number of hydrogen-bond acceptors (Lipinski definition) is 5. The highest BCUT2D eigenvalue weighted by Crippen LogP contribution is 2.31. The maximum atomic E-state index is 13.1. The lowest BCUT2D eigenvalue weighted by Gasteiger charge is -2.30. The first-order valence-corrected chi connectivity index (χ1v) is 10.1. The highest BCUT2D eigenvalue weighted by atomic mass is 16.5. The predicted molar refractivity (Wildman–Crippen MR) is 120 cm³/mol. The molecule has 0 bridgehead atoms. The van der Waals surface area contributed by atoms with E-state index in [-0.39, 0.29) is 5.43 Å². The number of nitrogens with one attached hydrogen (secondary N) is 1. The van der Waals surface area contributed by atoms with E-state index in [1.165, 1.54) is 0 Å². The summed E-state index contributed by atoms with van der Waals surface area (Å²) in [4.78, 5) is 19.7. The first kappa shape index (κ1) is 18.4. The quantitative estimate of drug-likeness (QED) is 0.564. The predicted octanol–water partition coefficient (Wildman–Crippen LogP) is 3.97. The van der Waals surface area contributed by atoms with Gasteiger partial charge in [0.1, 0.15) is 5.82 Å². The Bertz CT molecular complexity index is 1220. The van der Waals surface area contributed by atoms with Gasteiger partial charge in [-0.25, -0.2) is 0 Å². The fourth-order valence-corrected chi connectivity index (χ4v) is 3.89. The smallest absolute Gasteiger partial charge is 0.193 e. The van der Waals surface area contributed by atoms with Crippen LogP contribution in [0, 0.1) is 0 Å². The Morgan fingerprint density at radius 1 is 0.900 bits per heavy atom. The number of anilines is 3. The zero-order valence-electron chi connectivity index (χ0n) is 16.5. The highest BCUT2D eigenvalue weighted by molar-refractivity contribution is 5.93. The Morgan fingerprint density at radius 2 is 1.60 bits per heavy atom. The summed E-state index contributed by atoms with van der Waals surface area (Å²) < 4.78 is 7.64. The summed E-state index contributed by atoms with van der Waals surface area (Å²) in [6, 6.07) is 21.6. The van der Waals surface area contributed by atoms with E-state index in [1.54, 1.807) is 12.3 Å². The minimum absolute atomic E-state index is 0.0572. The lowest BCUT2D eigenvalue weighted by atomic mass is 10.1. The average Bonchev–Trinajstić information content (AvgIpc) is 2.81. The van der Waals surface area contributed by atoms with Gasteiger partial charge in [0.15, 0.2) is 5.43 Å². The number of fused-ring (bicyclic) bond motifs is 1. The molecule has 1 fully saturated rings. The average molecular weight is 398 g/mol. The number of hydrogen-bond donors (Lipinski definition) is 1. The number of ether oxygens (including phenoxy) is 1. The van der Waals surface area contributed by atoms with Crippen molar-refractivity contribution < 1.29 is 4.74 Å². The van der Waals surface area contributed by atoms with Crippen molar-refractivity contribution in [2.45, 2.75) is 0 Å². The van der Waals surface area contributed by atoms with Gasteiger partial charge in [-0.1, -0.05) is 36.4 Å². The largest absolute Gasteiger partial charge is 0.378 e. The third kappa shape index (κ3) is 3.42. The van der Waals surface area contributed by atoms with Crippen LogP contribution in [-0.2, 0) is 4.74 Å². The van der Waals surface area contributed by atoms with Crippen LogP contribution in [0.15, 0.2) is 83.9 Å². The molecule has 0 unspecified atom stereocenters. The standard InChI is InChI=1S/C24H22N4O2/c29-22-15-23(26-18-7-3-1-4-8-18)28(19-9-5-2-6-10-19)24-20(22)16-25-17-21(24)27-11-13-30-14-12-27/h1-10,15-17,26H,11-14H2. The minimum Gasteiger partial charge on any atom is -0.378 e. The highest BCUT2D eigenvalue weighted by Gasteiger charge is 2.20. The van der Waals surface area contributed by atoms with Gasteiger partial charge in [-0.3, -0.25) is 14.3 Å². The van der Waals surface area contributed by atoms with Gasteiger partial charge in [0, 0.05) is 36.7 Å². The molecule has 0 atom stereocenters. The van der Waals surface area contributed by atoms with Crippen molar-refractivity contribution >= 4 is 28.1 Å². The van der Waals surface area contributed by atoms with Gasteiger partial charge in [0.2, 0.25) is 0 Å². The van der Waals surface area contributed by atoms with Gasteiger partial charge in [-0.05, 0) is 24.3 Å². The maximum Gasteiger partial charge on any atom is 0.193 e. The van der Waals surface area contributed by atoms with Crippen molar-refractivity contribution in [3.63, 3.8) is 0 Å². The van der Waals surface area contributed by atoms with Gasteiger partial charge in [-0.15, -0.1) is 0 Å². The Hall–Kier alpha value is -3.64.